The first kappa shape index (κ1) is 17.8. The molecule has 1 fully saturated rings. The third-order valence-electron chi connectivity index (χ3n) is 5.28. The van der Waals surface area contributed by atoms with Crippen LogP contribution < -0.4 is 4.74 Å². The molecule has 27 heavy (non-hydrogen) atoms. The predicted octanol–water partition coefficient (Wildman–Crippen LogP) is 4.64. The third kappa shape index (κ3) is 3.76. The Balaban J connectivity index is 1.55. The Labute approximate surface area is 160 Å². The van der Waals surface area contributed by atoms with Gasteiger partial charge in [-0.15, -0.1) is 0 Å². The van der Waals surface area contributed by atoms with Crippen LogP contribution in [-0.2, 0) is 9.53 Å². The fraction of sp³-hybridized carbons (Fsp3) is 0.348. The number of nitrogens with zero attached hydrogens (tertiary/aromatic N) is 1. The lowest BCUT2D eigenvalue weighted by Crippen LogP contribution is -2.33. The second kappa shape index (κ2) is 7.97. The Morgan fingerprint density at radius 1 is 1.00 bits per heavy atom. The van der Waals surface area contributed by atoms with E-state index in [1.165, 1.54) is 22.3 Å². The molecule has 0 spiro atoms. The Kier molecular flexibility index (Phi) is 5.26. The number of piperidine rings is 1. The molecule has 0 radical (unpaired) electrons. The Hall–Kier alpha value is -2.59. The molecule has 140 valence electrons. The maximum absolute atomic E-state index is 11.6. The average molecular weight is 363 g/mol. The highest BCUT2D eigenvalue weighted by atomic mass is 16.5. The van der Waals surface area contributed by atoms with Gasteiger partial charge < -0.3 is 14.4 Å². The number of benzene rings is 2. The molecule has 0 unspecified atom stereocenters. The topological polar surface area (TPSA) is 38.8 Å². The fourth-order valence-electron chi connectivity index (χ4n) is 3.95. The monoisotopic (exact) mass is 363 g/mol. The molecule has 0 aromatic heterocycles. The number of likely N-dealkylation sites (tertiary alicyclic amines) is 1. The van der Waals surface area contributed by atoms with Crippen LogP contribution in [0.1, 0.15) is 37.3 Å². The van der Waals surface area contributed by atoms with Crippen LogP contribution in [-0.4, -0.2) is 37.1 Å². The van der Waals surface area contributed by atoms with Gasteiger partial charge >= 0.3 is 5.97 Å². The van der Waals surface area contributed by atoms with Gasteiger partial charge in [0.25, 0.3) is 0 Å². The molecule has 2 aromatic carbocycles. The summed E-state index contributed by atoms with van der Waals surface area (Å²) >= 11 is 0. The summed E-state index contributed by atoms with van der Waals surface area (Å²) < 4.78 is 11.2. The van der Waals surface area contributed by atoms with Crippen molar-refractivity contribution in [3.63, 3.8) is 0 Å². The third-order valence-corrected chi connectivity index (χ3v) is 5.28. The summed E-state index contributed by atoms with van der Waals surface area (Å²) in [5.41, 5.74) is 5.18. The molecule has 2 aliphatic heterocycles. The molecule has 0 N–H and O–H groups in total. The van der Waals surface area contributed by atoms with Gasteiger partial charge in [0.05, 0.1) is 13.0 Å². The zero-order chi connectivity index (χ0) is 18.6. The van der Waals surface area contributed by atoms with Crippen LogP contribution >= 0.6 is 0 Å². The van der Waals surface area contributed by atoms with E-state index in [9.17, 15) is 4.79 Å². The smallest absolute Gasteiger partial charge is 0.307 e. The summed E-state index contributed by atoms with van der Waals surface area (Å²) in [6, 6.07) is 16.6. The van der Waals surface area contributed by atoms with E-state index >= 15 is 0 Å². The van der Waals surface area contributed by atoms with E-state index in [-0.39, 0.29) is 5.97 Å². The zero-order valence-corrected chi connectivity index (χ0v) is 15.7. The SMILES string of the molecule is CCOC(=O)CCN1CCC(=C2c3ccccc3Oc3ccccc32)CC1. The summed E-state index contributed by atoms with van der Waals surface area (Å²) in [7, 11) is 0. The van der Waals surface area contributed by atoms with E-state index in [0.29, 0.717) is 13.0 Å². The number of hydrogen-bond acceptors (Lipinski definition) is 4. The number of para-hydroxylation sites is 2. The van der Waals surface area contributed by atoms with Crippen molar-refractivity contribution < 1.29 is 14.3 Å². The second-order valence-electron chi connectivity index (χ2n) is 6.97. The number of ether oxygens (including phenoxy) is 2. The normalized spacial score (nSPS) is 16.3. The fourth-order valence-corrected chi connectivity index (χ4v) is 3.95. The van der Waals surface area contributed by atoms with Gasteiger partial charge in [0.1, 0.15) is 11.5 Å². The Morgan fingerprint density at radius 3 is 2.19 bits per heavy atom. The lowest BCUT2D eigenvalue weighted by atomic mass is 9.86. The highest BCUT2D eigenvalue weighted by Crippen LogP contribution is 2.46. The molecule has 2 aliphatic rings. The van der Waals surface area contributed by atoms with Crippen molar-refractivity contribution in [2.75, 3.05) is 26.2 Å². The first-order chi connectivity index (χ1) is 13.3. The molecular weight excluding hydrogens is 338 g/mol. The predicted molar refractivity (Wildman–Crippen MR) is 106 cm³/mol. The minimum absolute atomic E-state index is 0.103. The average Bonchev–Trinajstić information content (AvgIpc) is 2.71. The van der Waals surface area contributed by atoms with E-state index in [4.69, 9.17) is 9.47 Å². The van der Waals surface area contributed by atoms with Crippen molar-refractivity contribution in [3.8, 4) is 11.5 Å². The van der Waals surface area contributed by atoms with Gasteiger partial charge in [-0.2, -0.15) is 0 Å². The second-order valence-corrected chi connectivity index (χ2v) is 6.97. The van der Waals surface area contributed by atoms with Crippen molar-refractivity contribution in [1.82, 2.24) is 4.90 Å². The Morgan fingerprint density at radius 2 is 1.59 bits per heavy atom. The molecule has 0 amide bonds. The van der Waals surface area contributed by atoms with Crippen LogP contribution in [0.2, 0.25) is 0 Å². The maximum Gasteiger partial charge on any atom is 0.307 e. The molecule has 0 bridgehead atoms. The molecule has 0 aliphatic carbocycles. The maximum atomic E-state index is 11.6. The number of carbonyl (C=O) groups excluding carboxylic acids is 1. The largest absolute Gasteiger partial charge is 0.466 e. The molecule has 4 nitrogen and oxygen atoms in total. The zero-order valence-electron chi connectivity index (χ0n) is 15.7. The van der Waals surface area contributed by atoms with Gasteiger partial charge in [-0.3, -0.25) is 4.79 Å². The lowest BCUT2D eigenvalue weighted by molar-refractivity contribution is -0.143. The van der Waals surface area contributed by atoms with Gasteiger partial charge in [-0.05, 0) is 37.5 Å². The van der Waals surface area contributed by atoms with Crippen LogP contribution in [0.15, 0.2) is 54.1 Å². The number of rotatable bonds is 4. The summed E-state index contributed by atoms with van der Waals surface area (Å²) in [6.07, 6.45) is 2.50. The molecule has 4 rings (SSSR count). The molecule has 2 heterocycles. The number of hydrogen-bond donors (Lipinski definition) is 0. The van der Waals surface area contributed by atoms with E-state index in [2.05, 4.69) is 29.2 Å². The molecule has 1 saturated heterocycles. The minimum Gasteiger partial charge on any atom is -0.466 e. The quantitative estimate of drug-likeness (QED) is 0.633. The highest BCUT2D eigenvalue weighted by molar-refractivity contribution is 5.89. The van der Waals surface area contributed by atoms with Crippen molar-refractivity contribution in [2.24, 2.45) is 0 Å². The van der Waals surface area contributed by atoms with Crippen LogP contribution in [0.5, 0.6) is 11.5 Å². The van der Waals surface area contributed by atoms with Crippen molar-refractivity contribution in [3.05, 3.63) is 65.2 Å². The van der Waals surface area contributed by atoms with Crippen molar-refractivity contribution in [1.29, 1.82) is 0 Å². The highest BCUT2D eigenvalue weighted by Gasteiger charge is 2.26. The summed E-state index contributed by atoms with van der Waals surface area (Å²) in [5, 5.41) is 0. The number of esters is 1. The van der Waals surface area contributed by atoms with Crippen LogP contribution in [0.4, 0.5) is 0 Å². The Bertz CT molecular complexity index is 814. The lowest BCUT2D eigenvalue weighted by Gasteiger charge is -2.32. The van der Waals surface area contributed by atoms with Gasteiger partial charge in [0.15, 0.2) is 0 Å². The van der Waals surface area contributed by atoms with Gasteiger partial charge in [0.2, 0.25) is 0 Å². The molecule has 0 saturated carbocycles. The first-order valence-electron chi connectivity index (χ1n) is 9.73. The standard InChI is InChI=1S/C23H25NO3/c1-2-26-22(25)13-16-24-14-11-17(12-15-24)23-18-7-3-5-9-20(18)27-21-10-6-4-8-19(21)23/h3-10H,2,11-16H2,1H3. The molecule has 4 heteroatoms. The summed E-state index contributed by atoms with van der Waals surface area (Å²) in [5.74, 6) is 1.76. The van der Waals surface area contributed by atoms with E-state index in [1.54, 1.807) is 0 Å². The van der Waals surface area contributed by atoms with E-state index in [0.717, 1.165) is 44.0 Å². The van der Waals surface area contributed by atoms with Crippen LogP contribution in [0.3, 0.4) is 0 Å². The van der Waals surface area contributed by atoms with E-state index < -0.39 is 0 Å². The van der Waals surface area contributed by atoms with Gasteiger partial charge in [-0.1, -0.05) is 42.0 Å². The summed E-state index contributed by atoms with van der Waals surface area (Å²) in [6.45, 7) is 5.03. The van der Waals surface area contributed by atoms with E-state index in [1.807, 2.05) is 31.2 Å². The molecule has 2 aromatic rings. The minimum atomic E-state index is -0.103. The van der Waals surface area contributed by atoms with Gasteiger partial charge in [0, 0.05) is 30.8 Å². The summed E-state index contributed by atoms with van der Waals surface area (Å²) in [4.78, 5) is 14.0. The number of carbonyl (C=O) groups is 1. The molecular formula is C23H25NO3. The van der Waals surface area contributed by atoms with Crippen LogP contribution in [0, 0.1) is 0 Å². The van der Waals surface area contributed by atoms with Crippen molar-refractivity contribution >= 4 is 11.5 Å². The van der Waals surface area contributed by atoms with Crippen LogP contribution in [0.25, 0.3) is 5.57 Å². The molecule has 0 atom stereocenters. The van der Waals surface area contributed by atoms with Crippen molar-refractivity contribution in [2.45, 2.75) is 26.2 Å². The number of fused-ring (bicyclic) bond motifs is 2. The van der Waals surface area contributed by atoms with Gasteiger partial charge in [-0.25, -0.2) is 0 Å². The first-order valence-corrected chi connectivity index (χ1v) is 9.73.